The number of hydrogen-bond acceptors (Lipinski definition) is 6. The van der Waals surface area contributed by atoms with Crippen molar-refractivity contribution >= 4 is 17.2 Å². The first kappa shape index (κ1) is 16.4. The molecule has 0 radical (unpaired) electrons. The quantitative estimate of drug-likeness (QED) is 0.885. The molecule has 2 aromatic rings. The van der Waals surface area contributed by atoms with Crippen LogP contribution in [0.1, 0.15) is 54.0 Å². The van der Waals surface area contributed by atoms with E-state index in [2.05, 4.69) is 34.3 Å². The normalized spacial score (nSPS) is 11.0. The number of amides is 1. The van der Waals surface area contributed by atoms with E-state index in [4.69, 9.17) is 4.74 Å². The number of ether oxygens (including phenoxy) is 1. The van der Waals surface area contributed by atoms with Gasteiger partial charge in [-0.15, -0.1) is 10.2 Å². The topological polar surface area (TPSA) is 77.0 Å². The molecule has 2 rings (SSSR count). The molecule has 0 atom stereocenters. The maximum absolute atomic E-state index is 12.3. The Hall–Kier alpha value is -2.02. The molecular weight excluding hydrogens is 300 g/mol. The van der Waals surface area contributed by atoms with E-state index in [9.17, 15) is 4.79 Å². The molecule has 0 aromatic carbocycles. The van der Waals surface area contributed by atoms with Crippen molar-refractivity contribution in [2.45, 2.75) is 46.3 Å². The summed E-state index contributed by atoms with van der Waals surface area (Å²) in [6.45, 7) is 8.26. The van der Waals surface area contributed by atoms with Gasteiger partial charge in [-0.2, -0.15) is 0 Å². The van der Waals surface area contributed by atoms with E-state index in [1.807, 2.05) is 13.8 Å². The number of aromatic nitrogens is 3. The summed E-state index contributed by atoms with van der Waals surface area (Å²) in [6.07, 6.45) is 1.56. The fraction of sp³-hybridized carbons (Fsp3) is 0.467. The molecular formula is C15H20N4O2S. The van der Waals surface area contributed by atoms with Crippen molar-refractivity contribution in [3.63, 3.8) is 0 Å². The van der Waals surface area contributed by atoms with Gasteiger partial charge in [0.1, 0.15) is 15.6 Å². The molecule has 2 aromatic heterocycles. The third-order valence-electron chi connectivity index (χ3n) is 2.74. The Morgan fingerprint density at radius 1 is 1.32 bits per heavy atom. The van der Waals surface area contributed by atoms with Crippen LogP contribution >= 0.6 is 11.3 Å². The van der Waals surface area contributed by atoms with Crippen LogP contribution in [0.2, 0.25) is 0 Å². The summed E-state index contributed by atoms with van der Waals surface area (Å²) < 4.78 is 5.56. The van der Waals surface area contributed by atoms with E-state index in [0.717, 1.165) is 10.0 Å². The van der Waals surface area contributed by atoms with Gasteiger partial charge in [0.05, 0.1) is 12.6 Å². The molecule has 6 nitrogen and oxygen atoms in total. The molecule has 2 heterocycles. The Bertz CT molecular complexity index is 640. The van der Waals surface area contributed by atoms with Crippen LogP contribution in [0.4, 0.5) is 0 Å². The smallest absolute Gasteiger partial charge is 0.257 e. The summed E-state index contributed by atoms with van der Waals surface area (Å²) in [5, 5.41) is 12.8. The molecule has 1 amide bonds. The van der Waals surface area contributed by atoms with Crippen LogP contribution in [-0.4, -0.2) is 27.2 Å². The predicted octanol–water partition coefficient (Wildman–Crippen LogP) is 2.77. The van der Waals surface area contributed by atoms with Crippen molar-refractivity contribution in [2.24, 2.45) is 0 Å². The van der Waals surface area contributed by atoms with Crippen molar-refractivity contribution in [1.82, 2.24) is 20.5 Å². The van der Waals surface area contributed by atoms with Crippen molar-refractivity contribution in [2.75, 3.05) is 0 Å². The van der Waals surface area contributed by atoms with E-state index in [0.29, 0.717) is 23.9 Å². The van der Waals surface area contributed by atoms with Crippen LogP contribution in [0.15, 0.2) is 18.3 Å². The van der Waals surface area contributed by atoms with Crippen molar-refractivity contribution in [3.05, 3.63) is 33.9 Å². The van der Waals surface area contributed by atoms with E-state index in [1.54, 1.807) is 18.3 Å². The molecule has 0 unspecified atom stereocenters. The van der Waals surface area contributed by atoms with Gasteiger partial charge in [-0.1, -0.05) is 25.2 Å². The lowest BCUT2D eigenvalue weighted by atomic mass is 10.2. The number of pyridine rings is 1. The largest absolute Gasteiger partial charge is 0.474 e. The van der Waals surface area contributed by atoms with Gasteiger partial charge in [0.15, 0.2) is 0 Å². The molecule has 0 saturated carbocycles. The molecule has 7 heteroatoms. The number of nitrogens with zero attached hydrogens (tertiary/aromatic N) is 3. The highest BCUT2D eigenvalue weighted by Gasteiger charge is 2.15. The van der Waals surface area contributed by atoms with Gasteiger partial charge in [-0.25, -0.2) is 4.98 Å². The maximum atomic E-state index is 12.3. The summed E-state index contributed by atoms with van der Waals surface area (Å²) in [7, 11) is 0. The van der Waals surface area contributed by atoms with E-state index >= 15 is 0 Å². The first-order valence-corrected chi connectivity index (χ1v) is 8.01. The van der Waals surface area contributed by atoms with E-state index in [-0.39, 0.29) is 12.0 Å². The van der Waals surface area contributed by atoms with Gasteiger partial charge in [-0.3, -0.25) is 4.79 Å². The van der Waals surface area contributed by atoms with E-state index < -0.39 is 0 Å². The Balaban J connectivity index is 2.03. The molecule has 0 aliphatic rings. The number of carbonyl (C=O) groups is 1. The minimum absolute atomic E-state index is 0.0433. The number of nitrogens with one attached hydrogen (secondary N) is 1. The van der Waals surface area contributed by atoms with Gasteiger partial charge in [-0.05, 0) is 26.0 Å². The lowest BCUT2D eigenvalue weighted by Crippen LogP contribution is -2.24. The second-order valence-electron chi connectivity index (χ2n) is 5.39. The fourth-order valence-electron chi connectivity index (χ4n) is 1.70. The molecule has 0 spiro atoms. The zero-order chi connectivity index (χ0) is 16.1. The lowest BCUT2D eigenvalue weighted by Gasteiger charge is -2.12. The Morgan fingerprint density at radius 3 is 2.73 bits per heavy atom. The molecule has 1 N–H and O–H groups in total. The van der Waals surface area contributed by atoms with Crippen LogP contribution in [0.3, 0.4) is 0 Å². The van der Waals surface area contributed by atoms with Crippen LogP contribution in [0.5, 0.6) is 5.88 Å². The minimum Gasteiger partial charge on any atom is -0.474 e. The zero-order valence-corrected chi connectivity index (χ0v) is 14.0. The van der Waals surface area contributed by atoms with Crippen molar-refractivity contribution < 1.29 is 9.53 Å². The third-order valence-corrected chi connectivity index (χ3v) is 3.96. The van der Waals surface area contributed by atoms with Crippen molar-refractivity contribution in [1.29, 1.82) is 0 Å². The minimum atomic E-state index is -0.231. The summed E-state index contributed by atoms with van der Waals surface area (Å²) in [5.74, 6) is 0.450. The molecule has 118 valence electrons. The molecule has 0 fully saturated rings. The highest BCUT2D eigenvalue weighted by atomic mass is 32.1. The van der Waals surface area contributed by atoms with Crippen LogP contribution in [0, 0.1) is 0 Å². The maximum Gasteiger partial charge on any atom is 0.257 e. The second kappa shape index (κ2) is 7.31. The lowest BCUT2D eigenvalue weighted by molar-refractivity contribution is 0.0943. The SMILES string of the molecule is CC(C)Oc1ncccc1C(=O)NCc1nnc(C(C)C)s1. The molecule has 22 heavy (non-hydrogen) atoms. The van der Waals surface area contributed by atoms with Gasteiger partial charge in [0, 0.05) is 12.1 Å². The monoisotopic (exact) mass is 320 g/mol. The highest BCUT2D eigenvalue weighted by Crippen LogP contribution is 2.19. The van der Waals surface area contributed by atoms with Crippen molar-refractivity contribution in [3.8, 4) is 5.88 Å². The highest BCUT2D eigenvalue weighted by molar-refractivity contribution is 7.11. The fourth-order valence-corrected chi connectivity index (χ4v) is 2.49. The van der Waals surface area contributed by atoms with E-state index in [1.165, 1.54) is 11.3 Å². The van der Waals surface area contributed by atoms with Gasteiger partial charge in [0.2, 0.25) is 5.88 Å². The first-order chi connectivity index (χ1) is 10.5. The predicted molar refractivity (Wildman–Crippen MR) is 85.2 cm³/mol. The average molecular weight is 320 g/mol. The Kier molecular flexibility index (Phi) is 5.43. The summed E-state index contributed by atoms with van der Waals surface area (Å²) in [5.41, 5.74) is 0.421. The summed E-state index contributed by atoms with van der Waals surface area (Å²) in [4.78, 5) is 16.4. The van der Waals surface area contributed by atoms with Gasteiger partial charge < -0.3 is 10.1 Å². The zero-order valence-electron chi connectivity index (χ0n) is 13.2. The number of rotatable bonds is 6. The molecule has 0 aliphatic carbocycles. The summed E-state index contributed by atoms with van der Waals surface area (Å²) >= 11 is 1.51. The van der Waals surface area contributed by atoms with Crippen LogP contribution in [0.25, 0.3) is 0 Å². The van der Waals surface area contributed by atoms with Crippen LogP contribution in [-0.2, 0) is 6.54 Å². The Labute approximate surface area is 134 Å². The third kappa shape index (κ3) is 4.24. The van der Waals surface area contributed by atoms with Crippen LogP contribution < -0.4 is 10.1 Å². The Morgan fingerprint density at radius 2 is 2.09 bits per heavy atom. The average Bonchev–Trinajstić information content (AvgIpc) is 2.94. The number of carbonyl (C=O) groups excluding carboxylic acids is 1. The van der Waals surface area contributed by atoms with Gasteiger partial charge in [0.25, 0.3) is 5.91 Å². The standard InChI is InChI=1S/C15H20N4O2S/c1-9(2)15-19-18-12(22-15)8-17-13(20)11-6-5-7-16-14(11)21-10(3)4/h5-7,9-10H,8H2,1-4H3,(H,17,20). The molecule has 0 aliphatic heterocycles. The van der Waals surface area contributed by atoms with Gasteiger partial charge >= 0.3 is 0 Å². The second-order valence-corrected chi connectivity index (χ2v) is 6.49. The molecule has 0 bridgehead atoms. The summed E-state index contributed by atoms with van der Waals surface area (Å²) in [6, 6.07) is 3.41. The molecule has 0 saturated heterocycles. The number of hydrogen-bond donors (Lipinski definition) is 1. The first-order valence-electron chi connectivity index (χ1n) is 7.19.